The Kier molecular flexibility index (Phi) is 3.49. The highest BCUT2D eigenvalue weighted by Gasteiger charge is 2.26. The van der Waals surface area contributed by atoms with Gasteiger partial charge in [0.1, 0.15) is 11.0 Å². The van der Waals surface area contributed by atoms with E-state index in [4.69, 9.17) is 16.3 Å². The van der Waals surface area contributed by atoms with E-state index in [9.17, 15) is 0 Å². The number of methoxy groups -OCH3 is 1. The molecule has 1 aliphatic carbocycles. The summed E-state index contributed by atoms with van der Waals surface area (Å²) in [4.78, 5) is 8.98. The van der Waals surface area contributed by atoms with E-state index in [0.29, 0.717) is 11.8 Å². The van der Waals surface area contributed by atoms with Gasteiger partial charge in [-0.2, -0.15) is 0 Å². The van der Waals surface area contributed by atoms with Crippen LogP contribution in [0.2, 0.25) is 5.15 Å². The van der Waals surface area contributed by atoms with Crippen LogP contribution in [0, 0.1) is 0 Å². The maximum absolute atomic E-state index is 6.08. The smallest absolute Gasteiger partial charge is 0.137 e. The lowest BCUT2D eigenvalue weighted by atomic mass is 10.0. The molecule has 1 aromatic heterocycles. The minimum absolute atomic E-state index is 0.255. The molecular weight excluding hydrogens is 260 g/mol. The van der Waals surface area contributed by atoms with Gasteiger partial charge in [-0.25, -0.2) is 9.97 Å². The summed E-state index contributed by atoms with van der Waals surface area (Å²) in [6.07, 6.45) is 2.13. The van der Waals surface area contributed by atoms with E-state index in [0.717, 1.165) is 24.4 Å². The third-order valence-corrected chi connectivity index (χ3v) is 3.70. The zero-order valence-corrected chi connectivity index (χ0v) is 11.5. The quantitative estimate of drug-likeness (QED) is 0.805. The molecular formula is C15H15ClN2O. The van der Waals surface area contributed by atoms with Crippen molar-refractivity contribution in [1.82, 2.24) is 9.97 Å². The minimum atomic E-state index is 0.255. The summed E-state index contributed by atoms with van der Waals surface area (Å²) < 4.78 is 5.12. The first-order valence-corrected chi connectivity index (χ1v) is 6.76. The van der Waals surface area contributed by atoms with Crippen molar-refractivity contribution in [3.63, 3.8) is 0 Å². The van der Waals surface area contributed by atoms with Gasteiger partial charge in [0.05, 0.1) is 12.3 Å². The molecule has 1 aromatic carbocycles. The van der Waals surface area contributed by atoms with E-state index in [2.05, 4.69) is 34.2 Å². The summed E-state index contributed by atoms with van der Waals surface area (Å²) in [5.74, 6) is 1.06. The number of aromatic nitrogens is 2. The molecule has 0 spiro atoms. The Bertz CT molecular complexity index is 600. The first kappa shape index (κ1) is 12.6. The zero-order valence-electron chi connectivity index (χ0n) is 10.8. The number of fused-ring (bicyclic) bond motifs is 1. The van der Waals surface area contributed by atoms with Crippen LogP contribution in [0.1, 0.15) is 35.0 Å². The molecule has 1 aliphatic rings. The Hall–Kier alpha value is -1.45. The standard InChI is InChI=1S/C15H15ClN2O/c1-19-9-11-8-14(16)18-15(17-11)13-7-6-10-4-2-3-5-12(10)13/h2-5,8,13H,6-7,9H2,1H3. The van der Waals surface area contributed by atoms with Crippen molar-refractivity contribution in [3.8, 4) is 0 Å². The highest BCUT2D eigenvalue weighted by molar-refractivity contribution is 6.29. The molecule has 0 bridgehead atoms. The Balaban J connectivity index is 1.99. The zero-order chi connectivity index (χ0) is 13.2. The van der Waals surface area contributed by atoms with E-state index < -0.39 is 0 Å². The van der Waals surface area contributed by atoms with Crippen LogP contribution < -0.4 is 0 Å². The lowest BCUT2D eigenvalue weighted by Crippen LogP contribution is -2.06. The Morgan fingerprint density at radius 3 is 3.00 bits per heavy atom. The molecule has 3 nitrogen and oxygen atoms in total. The van der Waals surface area contributed by atoms with Crippen molar-refractivity contribution >= 4 is 11.6 Å². The second-order valence-electron chi connectivity index (χ2n) is 4.76. The Morgan fingerprint density at radius 1 is 1.32 bits per heavy atom. The monoisotopic (exact) mass is 274 g/mol. The fourth-order valence-electron chi connectivity index (χ4n) is 2.69. The summed E-state index contributed by atoms with van der Waals surface area (Å²) in [6, 6.07) is 10.2. The fourth-order valence-corrected chi connectivity index (χ4v) is 2.90. The second-order valence-corrected chi connectivity index (χ2v) is 5.15. The third kappa shape index (κ3) is 2.48. The SMILES string of the molecule is COCc1cc(Cl)nc(C2CCc3ccccc32)n1. The molecule has 98 valence electrons. The molecule has 2 aromatic rings. The molecule has 1 unspecified atom stereocenters. The van der Waals surface area contributed by atoms with Gasteiger partial charge in [0.25, 0.3) is 0 Å². The average molecular weight is 275 g/mol. The number of rotatable bonds is 3. The van der Waals surface area contributed by atoms with Crippen LogP contribution in [0.15, 0.2) is 30.3 Å². The fraction of sp³-hybridized carbons (Fsp3) is 0.333. The number of nitrogens with zero attached hydrogens (tertiary/aromatic N) is 2. The van der Waals surface area contributed by atoms with Gasteiger partial charge in [-0.15, -0.1) is 0 Å². The second kappa shape index (κ2) is 5.27. The molecule has 0 radical (unpaired) electrons. The Labute approximate surface area is 117 Å². The first-order chi connectivity index (χ1) is 9.28. The number of benzene rings is 1. The summed E-state index contributed by atoms with van der Waals surface area (Å²) in [5, 5.41) is 0.487. The van der Waals surface area contributed by atoms with E-state index in [1.54, 1.807) is 13.2 Å². The number of aryl methyl sites for hydroxylation is 1. The molecule has 0 aliphatic heterocycles. The van der Waals surface area contributed by atoms with Crippen molar-refractivity contribution < 1.29 is 4.74 Å². The minimum Gasteiger partial charge on any atom is -0.378 e. The molecule has 1 atom stereocenters. The van der Waals surface area contributed by atoms with Gasteiger partial charge in [-0.3, -0.25) is 0 Å². The maximum atomic E-state index is 6.08. The predicted molar refractivity (Wildman–Crippen MR) is 74.4 cm³/mol. The summed E-state index contributed by atoms with van der Waals surface area (Å²) in [7, 11) is 1.65. The molecule has 0 saturated carbocycles. The first-order valence-electron chi connectivity index (χ1n) is 6.38. The van der Waals surface area contributed by atoms with Crippen LogP contribution >= 0.6 is 11.6 Å². The van der Waals surface area contributed by atoms with Crippen LogP contribution in [0.25, 0.3) is 0 Å². The van der Waals surface area contributed by atoms with E-state index in [-0.39, 0.29) is 5.92 Å². The van der Waals surface area contributed by atoms with E-state index >= 15 is 0 Å². The molecule has 19 heavy (non-hydrogen) atoms. The highest BCUT2D eigenvalue weighted by atomic mass is 35.5. The van der Waals surface area contributed by atoms with Crippen molar-refractivity contribution in [2.45, 2.75) is 25.4 Å². The van der Waals surface area contributed by atoms with Gasteiger partial charge >= 0.3 is 0 Å². The number of hydrogen-bond acceptors (Lipinski definition) is 3. The van der Waals surface area contributed by atoms with Crippen LogP contribution in [0.3, 0.4) is 0 Å². The van der Waals surface area contributed by atoms with Gasteiger partial charge in [0.2, 0.25) is 0 Å². The summed E-state index contributed by atoms with van der Waals surface area (Å²) in [5.41, 5.74) is 3.55. The predicted octanol–water partition coefficient (Wildman–Crippen LogP) is 3.35. The van der Waals surface area contributed by atoms with Crippen LogP contribution in [0.4, 0.5) is 0 Å². The Morgan fingerprint density at radius 2 is 2.16 bits per heavy atom. The van der Waals surface area contributed by atoms with Crippen LogP contribution in [-0.2, 0) is 17.8 Å². The molecule has 1 heterocycles. The van der Waals surface area contributed by atoms with Gasteiger partial charge in [0, 0.05) is 13.0 Å². The summed E-state index contributed by atoms with van der Waals surface area (Å²) in [6.45, 7) is 0.462. The summed E-state index contributed by atoms with van der Waals surface area (Å²) >= 11 is 6.08. The third-order valence-electron chi connectivity index (χ3n) is 3.50. The lowest BCUT2D eigenvalue weighted by Gasteiger charge is -2.12. The van der Waals surface area contributed by atoms with Crippen molar-refractivity contribution in [3.05, 3.63) is 58.1 Å². The highest BCUT2D eigenvalue weighted by Crippen LogP contribution is 2.36. The van der Waals surface area contributed by atoms with Crippen molar-refractivity contribution in [2.24, 2.45) is 0 Å². The maximum Gasteiger partial charge on any atom is 0.137 e. The van der Waals surface area contributed by atoms with Crippen molar-refractivity contribution in [2.75, 3.05) is 7.11 Å². The number of ether oxygens (including phenoxy) is 1. The van der Waals surface area contributed by atoms with Crippen LogP contribution in [0.5, 0.6) is 0 Å². The van der Waals surface area contributed by atoms with Gasteiger partial charge < -0.3 is 4.74 Å². The van der Waals surface area contributed by atoms with Gasteiger partial charge in [-0.05, 0) is 30.0 Å². The van der Waals surface area contributed by atoms with Crippen LogP contribution in [-0.4, -0.2) is 17.1 Å². The largest absolute Gasteiger partial charge is 0.378 e. The lowest BCUT2D eigenvalue weighted by molar-refractivity contribution is 0.181. The molecule has 0 amide bonds. The molecule has 3 rings (SSSR count). The average Bonchev–Trinajstić information content (AvgIpc) is 2.82. The molecule has 4 heteroatoms. The van der Waals surface area contributed by atoms with Crippen molar-refractivity contribution in [1.29, 1.82) is 0 Å². The van der Waals surface area contributed by atoms with E-state index in [1.165, 1.54) is 11.1 Å². The molecule has 0 fully saturated rings. The number of hydrogen-bond donors (Lipinski definition) is 0. The normalized spacial score (nSPS) is 17.5. The van der Waals surface area contributed by atoms with Gasteiger partial charge in [-0.1, -0.05) is 35.9 Å². The number of halogens is 1. The topological polar surface area (TPSA) is 35.0 Å². The van der Waals surface area contributed by atoms with Gasteiger partial charge in [0.15, 0.2) is 0 Å². The van der Waals surface area contributed by atoms with E-state index in [1.807, 2.05) is 0 Å². The molecule has 0 N–H and O–H groups in total. The molecule has 0 saturated heterocycles.